The number of nitrogens with one attached hydrogen (secondary N) is 1. The molecule has 3 N–H and O–H groups in total. The maximum atomic E-state index is 12.0. The number of aromatic carboxylic acids is 1. The van der Waals surface area contributed by atoms with Crippen molar-refractivity contribution in [3.63, 3.8) is 0 Å². The smallest absolute Gasteiger partial charge is 0.478 e. The number of rotatable bonds is 7. The van der Waals surface area contributed by atoms with Gasteiger partial charge in [-0.15, -0.1) is 0 Å². The van der Waals surface area contributed by atoms with Crippen LogP contribution in [0.4, 0.5) is 30.2 Å². The summed E-state index contributed by atoms with van der Waals surface area (Å²) in [5.74, 6) is -3.82. The highest BCUT2D eigenvalue weighted by molar-refractivity contribution is 5.98. The molecule has 1 amide bonds. The van der Waals surface area contributed by atoms with E-state index in [0.717, 1.165) is 39.0 Å². The van der Waals surface area contributed by atoms with E-state index in [0.29, 0.717) is 17.8 Å². The number of carbonyl (C=O) groups excluding carboxylic acids is 1. The Labute approximate surface area is 213 Å². The molecule has 1 aliphatic rings. The molecule has 0 radical (unpaired) electrons. The summed E-state index contributed by atoms with van der Waals surface area (Å²) in [6.45, 7) is 9.41. The standard InChI is InChI=1S/C24H31N3O3.C2HF3O2/c1-4-5-6-23(28)25-19-9-10-21(20(16-19)24(29)30)26-11-13-27(14-12-26)22-15-17(2)7-8-18(22)3;3-2(4,5)1(6)7/h7-10,15-16H,4-6,11-14H2,1-3H3,(H,25,28)(H,29,30);(H,6,7). The molecule has 1 aliphatic heterocycles. The molecule has 1 heterocycles. The molecule has 0 spiro atoms. The first-order chi connectivity index (χ1) is 17.3. The fraction of sp³-hybridized carbons (Fsp3) is 0.423. The van der Waals surface area contributed by atoms with Gasteiger partial charge >= 0.3 is 18.1 Å². The summed E-state index contributed by atoms with van der Waals surface area (Å²) in [5.41, 5.74) is 5.20. The number of hydrogen-bond acceptors (Lipinski definition) is 5. The van der Waals surface area contributed by atoms with Gasteiger partial charge in [0.2, 0.25) is 5.91 Å². The maximum Gasteiger partial charge on any atom is 0.490 e. The lowest BCUT2D eigenvalue weighted by atomic mass is 10.1. The zero-order valence-electron chi connectivity index (χ0n) is 21.1. The predicted octanol–water partition coefficient (Wildman–Crippen LogP) is 5.09. The summed E-state index contributed by atoms with van der Waals surface area (Å²) in [4.78, 5) is 37.3. The molecule has 0 aliphatic carbocycles. The number of alkyl halides is 3. The fourth-order valence-corrected chi connectivity index (χ4v) is 3.87. The Bertz CT molecular complexity index is 1110. The van der Waals surface area contributed by atoms with Crippen LogP contribution in [0.2, 0.25) is 0 Å². The molecule has 202 valence electrons. The van der Waals surface area contributed by atoms with Gasteiger partial charge in [0.25, 0.3) is 0 Å². The zero-order valence-corrected chi connectivity index (χ0v) is 21.1. The summed E-state index contributed by atoms with van der Waals surface area (Å²) < 4.78 is 31.7. The van der Waals surface area contributed by atoms with Gasteiger partial charge < -0.3 is 25.3 Å². The van der Waals surface area contributed by atoms with E-state index < -0.39 is 18.1 Å². The fourth-order valence-electron chi connectivity index (χ4n) is 3.87. The maximum absolute atomic E-state index is 12.0. The van der Waals surface area contributed by atoms with E-state index in [1.165, 1.54) is 16.8 Å². The molecule has 2 aromatic rings. The van der Waals surface area contributed by atoms with Crippen molar-refractivity contribution >= 4 is 34.9 Å². The highest BCUT2D eigenvalue weighted by atomic mass is 19.4. The Hall–Kier alpha value is -3.76. The number of aliphatic carboxylic acids is 1. The molecule has 0 saturated carbocycles. The van der Waals surface area contributed by atoms with Crippen LogP contribution < -0.4 is 15.1 Å². The van der Waals surface area contributed by atoms with Crippen LogP contribution in [0.15, 0.2) is 36.4 Å². The van der Waals surface area contributed by atoms with Crippen molar-refractivity contribution in [3.05, 3.63) is 53.1 Å². The number of carbonyl (C=O) groups is 3. The van der Waals surface area contributed by atoms with Crippen LogP contribution in [0.5, 0.6) is 0 Å². The number of nitrogens with zero attached hydrogens (tertiary/aromatic N) is 2. The minimum absolute atomic E-state index is 0.0805. The Kier molecular flexibility index (Phi) is 10.3. The van der Waals surface area contributed by atoms with Gasteiger partial charge in [0, 0.05) is 44.0 Å². The van der Waals surface area contributed by atoms with Crippen molar-refractivity contribution in [2.24, 2.45) is 0 Å². The van der Waals surface area contributed by atoms with Crippen LogP contribution in [0.3, 0.4) is 0 Å². The number of unbranched alkanes of at least 4 members (excludes halogenated alkanes) is 1. The molecule has 1 fully saturated rings. The molecule has 8 nitrogen and oxygen atoms in total. The van der Waals surface area contributed by atoms with Crippen LogP contribution in [0.1, 0.15) is 47.7 Å². The number of carboxylic acid groups (broad SMARTS) is 2. The largest absolute Gasteiger partial charge is 0.490 e. The van der Waals surface area contributed by atoms with E-state index in [4.69, 9.17) is 9.90 Å². The first kappa shape index (κ1) is 29.5. The van der Waals surface area contributed by atoms with Crippen LogP contribution in [0.25, 0.3) is 0 Å². The molecule has 11 heteroatoms. The molecule has 0 atom stereocenters. The molecule has 2 aromatic carbocycles. The zero-order chi connectivity index (χ0) is 27.8. The number of aryl methyl sites for hydroxylation is 2. The summed E-state index contributed by atoms with van der Waals surface area (Å²) in [7, 11) is 0. The molecule has 0 unspecified atom stereocenters. The third-order valence-corrected chi connectivity index (χ3v) is 5.84. The third-order valence-electron chi connectivity index (χ3n) is 5.84. The number of hydrogen-bond donors (Lipinski definition) is 3. The van der Waals surface area contributed by atoms with Gasteiger partial charge in [0.15, 0.2) is 0 Å². The lowest BCUT2D eigenvalue weighted by molar-refractivity contribution is -0.192. The van der Waals surface area contributed by atoms with Crippen molar-refractivity contribution < 1.29 is 37.8 Å². The second-order valence-corrected chi connectivity index (χ2v) is 8.76. The first-order valence-electron chi connectivity index (χ1n) is 11.9. The van der Waals surface area contributed by atoms with Crippen LogP contribution >= 0.6 is 0 Å². The van der Waals surface area contributed by atoms with Crippen LogP contribution in [-0.2, 0) is 9.59 Å². The van der Waals surface area contributed by atoms with Crippen molar-refractivity contribution in [1.82, 2.24) is 0 Å². The van der Waals surface area contributed by atoms with Gasteiger partial charge in [-0.25, -0.2) is 9.59 Å². The van der Waals surface area contributed by atoms with Gasteiger partial charge in [-0.2, -0.15) is 13.2 Å². The van der Waals surface area contributed by atoms with Gasteiger partial charge in [-0.05, 0) is 55.7 Å². The van der Waals surface area contributed by atoms with Crippen molar-refractivity contribution in [3.8, 4) is 0 Å². The minimum Gasteiger partial charge on any atom is -0.478 e. The number of piperazine rings is 1. The molecule has 0 aromatic heterocycles. The minimum atomic E-state index is -5.08. The molecular weight excluding hydrogens is 491 g/mol. The number of amides is 1. The van der Waals surface area contributed by atoms with Crippen LogP contribution in [-0.4, -0.2) is 60.4 Å². The van der Waals surface area contributed by atoms with E-state index in [2.05, 4.69) is 47.2 Å². The Morgan fingerprint density at radius 2 is 1.49 bits per heavy atom. The van der Waals surface area contributed by atoms with Gasteiger partial charge in [0.05, 0.1) is 11.3 Å². The lowest BCUT2D eigenvalue weighted by Crippen LogP contribution is -2.47. The lowest BCUT2D eigenvalue weighted by Gasteiger charge is -2.38. The molecule has 37 heavy (non-hydrogen) atoms. The molecule has 1 saturated heterocycles. The quantitative estimate of drug-likeness (QED) is 0.464. The highest BCUT2D eigenvalue weighted by Crippen LogP contribution is 2.28. The van der Waals surface area contributed by atoms with Gasteiger partial charge in [-0.3, -0.25) is 4.79 Å². The Balaban J connectivity index is 0.000000604. The van der Waals surface area contributed by atoms with Crippen molar-refractivity contribution in [2.45, 2.75) is 46.2 Å². The van der Waals surface area contributed by atoms with Crippen LogP contribution in [0, 0.1) is 13.8 Å². The van der Waals surface area contributed by atoms with E-state index in [-0.39, 0.29) is 11.5 Å². The monoisotopic (exact) mass is 523 g/mol. The second-order valence-electron chi connectivity index (χ2n) is 8.76. The molecule has 3 rings (SSSR count). The Morgan fingerprint density at radius 3 is 2.00 bits per heavy atom. The summed E-state index contributed by atoms with van der Waals surface area (Å²) in [6.07, 6.45) is -2.87. The first-order valence-corrected chi connectivity index (χ1v) is 11.9. The van der Waals surface area contributed by atoms with E-state index >= 15 is 0 Å². The van der Waals surface area contributed by atoms with Crippen molar-refractivity contribution in [2.75, 3.05) is 41.3 Å². The predicted molar refractivity (Wildman–Crippen MR) is 136 cm³/mol. The Morgan fingerprint density at radius 1 is 0.919 bits per heavy atom. The molecular formula is C26H32F3N3O5. The number of benzene rings is 2. The van der Waals surface area contributed by atoms with Crippen molar-refractivity contribution in [1.29, 1.82) is 0 Å². The number of carboxylic acids is 2. The SMILES string of the molecule is CCCCC(=O)Nc1ccc(N2CCN(c3cc(C)ccc3C)CC2)c(C(=O)O)c1.O=C(O)C(F)(F)F. The van der Waals surface area contributed by atoms with Gasteiger partial charge in [-0.1, -0.05) is 25.5 Å². The highest BCUT2D eigenvalue weighted by Gasteiger charge is 2.38. The average molecular weight is 524 g/mol. The second kappa shape index (κ2) is 13.0. The summed E-state index contributed by atoms with van der Waals surface area (Å²) >= 11 is 0. The topological polar surface area (TPSA) is 110 Å². The van der Waals surface area contributed by atoms with E-state index in [9.17, 15) is 27.9 Å². The number of halogens is 3. The molecule has 0 bridgehead atoms. The third kappa shape index (κ3) is 8.69. The summed E-state index contributed by atoms with van der Waals surface area (Å²) in [5, 5.41) is 19.7. The van der Waals surface area contributed by atoms with E-state index in [1.54, 1.807) is 12.1 Å². The normalized spacial score (nSPS) is 13.5. The number of anilines is 3. The van der Waals surface area contributed by atoms with Gasteiger partial charge in [0.1, 0.15) is 0 Å². The summed E-state index contributed by atoms with van der Waals surface area (Å²) in [6, 6.07) is 11.7. The van der Waals surface area contributed by atoms with E-state index in [1.807, 2.05) is 13.0 Å². The average Bonchev–Trinajstić information content (AvgIpc) is 2.84.